The van der Waals surface area contributed by atoms with Gasteiger partial charge in [-0.3, -0.25) is 9.59 Å². The third-order valence-corrected chi connectivity index (χ3v) is 1.28. The summed E-state index contributed by atoms with van der Waals surface area (Å²) in [5.74, 6) is -0.114. The van der Waals surface area contributed by atoms with Crippen molar-refractivity contribution in [3.05, 3.63) is 0 Å². The first-order valence-electron chi connectivity index (χ1n) is 4.18. The molecule has 0 spiro atoms. The smallest absolute Gasteiger partial charge is 0.234 e. The first kappa shape index (κ1) is 11.9. The number of rotatable bonds is 5. The molecule has 0 heterocycles. The van der Waals surface area contributed by atoms with Crippen LogP contribution in [0.5, 0.6) is 0 Å². The van der Waals surface area contributed by atoms with Crippen LogP contribution in [0.15, 0.2) is 0 Å². The Balaban J connectivity index is 3.32. The molecule has 5 heteroatoms. The predicted molar refractivity (Wildman–Crippen MR) is 50.2 cm³/mol. The van der Waals surface area contributed by atoms with Gasteiger partial charge < -0.3 is 15.5 Å². The van der Waals surface area contributed by atoms with Crippen LogP contribution in [0.3, 0.4) is 0 Å². The number of carbonyl (C=O) groups is 2. The van der Waals surface area contributed by atoms with Gasteiger partial charge in [-0.15, -0.1) is 0 Å². The largest absolute Gasteiger partial charge is 0.355 e. The SMILES string of the molecule is CC(=O)NCCNC(=O)CN(C)C. The highest BCUT2D eigenvalue weighted by Gasteiger charge is 2.00. The van der Waals surface area contributed by atoms with Gasteiger partial charge in [0.2, 0.25) is 11.8 Å². The molecule has 0 unspecified atom stereocenters. The third kappa shape index (κ3) is 8.81. The zero-order chi connectivity index (χ0) is 10.3. The first-order valence-corrected chi connectivity index (χ1v) is 4.18. The molecule has 0 aromatic heterocycles. The van der Waals surface area contributed by atoms with Gasteiger partial charge in [-0.2, -0.15) is 0 Å². The van der Waals surface area contributed by atoms with E-state index in [0.29, 0.717) is 19.6 Å². The van der Waals surface area contributed by atoms with Crippen LogP contribution in [0.25, 0.3) is 0 Å². The van der Waals surface area contributed by atoms with E-state index in [2.05, 4.69) is 10.6 Å². The van der Waals surface area contributed by atoms with Crippen LogP contribution >= 0.6 is 0 Å². The Hall–Kier alpha value is -1.10. The summed E-state index contributed by atoms with van der Waals surface area (Å²) in [6.45, 7) is 2.78. The molecule has 0 saturated carbocycles. The maximum absolute atomic E-state index is 11.0. The number of nitrogens with zero attached hydrogens (tertiary/aromatic N) is 1. The second-order valence-corrected chi connectivity index (χ2v) is 3.07. The highest BCUT2D eigenvalue weighted by Crippen LogP contribution is 1.73. The predicted octanol–water partition coefficient (Wildman–Crippen LogP) is -1.20. The monoisotopic (exact) mass is 187 g/mol. The molecule has 0 aliphatic carbocycles. The standard InChI is InChI=1S/C8H17N3O2/c1-7(12)9-4-5-10-8(13)6-11(2)3/h4-6H2,1-3H3,(H,9,12)(H,10,13). The fraction of sp³-hybridized carbons (Fsp3) is 0.750. The van der Waals surface area contributed by atoms with Crippen molar-refractivity contribution < 1.29 is 9.59 Å². The Labute approximate surface area is 78.5 Å². The van der Waals surface area contributed by atoms with Crippen LogP contribution in [0.4, 0.5) is 0 Å². The lowest BCUT2D eigenvalue weighted by molar-refractivity contribution is -0.122. The minimum Gasteiger partial charge on any atom is -0.355 e. The number of hydrogen-bond donors (Lipinski definition) is 2. The summed E-state index contributed by atoms with van der Waals surface area (Å²) in [5, 5.41) is 5.26. The van der Waals surface area contributed by atoms with E-state index in [1.165, 1.54) is 6.92 Å². The van der Waals surface area contributed by atoms with Crippen LogP contribution in [0.2, 0.25) is 0 Å². The second kappa shape index (κ2) is 6.42. The average Bonchev–Trinajstić information content (AvgIpc) is 1.96. The number of carbonyl (C=O) groups excluding carboxylic acids is 2. The lowest BCUT2D eigenvalue weighted by atomic mass is 10.5. The van der Waals surface area contributed by atoms with Gasteiger partial charge in [0.15, 0.2) is 0 Å². The zero-order valence-electron chi connectivity index (χ0n) is 8.39. The van der Waals surface area contributed by atoms with E-state index >= 15 is 0 Å². The molecule has 0 rings (SSSR count). The van der Waals surface area contributed by atoms with Gasteiger partial charge in [0.05, 0.1) is 6.54 Å². The van der Waals surface area contributed by atoms with Crippen LogP contribution in [-0.4, -0.2) is 50.4 Å². The first-order chi connectivity index (χ1) is 6.02. The molecule has 0 aliphatic rings. The van der Waals surface area contributed by atoms with Crippen molar-refractivity contribution in [2.75, 3.05) is 33.7 Å². The maximum atomic E-state index is 11.0. The molecule has 0 aromatic carbocycles. The van der Waals surface area contributed by atoms with Crippen molar-refractivity contribution in [1.82, 2.24) is 15.5 Å². The number of nitrogens with one attached hydrogen (secondary N) is 2. The number of likely N-dealkylation sites (N-methyl/N-ethyl adjacent to an activating group) is 1. The van der Waals surface area contributed by atoms with Gasteiger partial charge in [0.1, 0.15) is 0 Å². The van der Waals surface area contributed by atoms with Crippen molar-refractivity contribution in [3.8, 4) is 0 Å². The van der Waals surface area contributed by atoms with Crippen LogP contribution in [0, 0.1) is 0 Å². The Morgan fingerprint density at radius 3 is 2.15 bits per heavy atom. The molecule has 76 valence electrons. The molecule has 0 bridgehead atoms. The van der Waals surface area contributed by atoms with E-state index in [1.807, 2.05) is 14.1 Å². The number of hydrogen-bond acceptors (Lipinski definition) is 3. The van der Waals surface area contributed by atoms with Gasteiger partial charge in [-0.05, 0) is 14.1 Å². The van der Waals surface area contributed by atoms with Crippen molar-refractivity contribution in [1.29, 1.82) is 0 Å². The van der Waals surface area contributed by atoms with E-state index in [1.54, 1.807) is 4.90 Å². The van der Waals surface area contributed by atoms with E-state index < -0.39 is 0 Å². The van der Waals surface area contributed by atoms with E-state index in [-0.39, 0.29) is 11.8 Å². The molecule has 2 amide bonds. The van der Waals surface area contributed by atoms with Gasteiger partial charge in [0, 0.05) is 20.0 Å². The van der Waals surface area contributed by atoms with Gasteiger partial charge in [-0.1, -0.05) is 0 Å². The molecule has 0 aromatic rings. The minimum absolute atomic E-state index is 0.0321. The lowest BCUT2D eigenvalue weighted by Crippen LogP contribution is -2.38. The fourth-order valence-electron chi connectivity index (χ4n) is 0.784. The number of amides is 2. The molecule has 5 nitrogen and oxygen atoms in total. The van der Waals surface area contributed by atoms with E-state index in [9.17, 15) is 9.59 Å². The highest BCUT2D eigenvalue weighted by molar-refractivity contribution is 5.78. The fourth-order valence-corrected chi connectivity index (χ4v) is 0.784. The highest BCUT2D eigenvalue weighted by atomic mass is 16.2. The molecular formula is C8H17N3O2. The summed E-state index contributed by atoms with van der Waals surface area (Å²) in [6.07, 6.45) is 0. The summed E-state index contributed by atoms with van der Waals surface area (Å²) in [4.78, 5) is 23.3. The molecule has 13 heavy (non-hydrogen) atoms. The molecule has 0 saturated heterocycles. The molecular weight excluding hydrogens is 170 g/mol. The van der Waals surface area contributed by atoms with Crippen molar-refractivity contribution in [2.24, 2.45) is 0 Å². The zero-order valence-corrected chi connectivity index (χ0v) is 8.39. The molecule has 0 fully saturated rings. The van der Waals surface area contributed by atoms with Gasteiger partial charge >= 0.3 is 0 Å². The van der Waals surface area contributed by atoms with Gasteiger partial charge in [0.25, 0.3) is 0 Å². The van der Waals surface area contributed by atoms with Crippen molar-refractivity contribution >= 4 is 11.8 Å². The Morgan fingerprint density at radius 1 is 1.15 bits per heavy atom. The Morgan fingerprint density at radius 2 is 1.69 bits per heavy atom. The summed E-state index contributed by atoms with van der Waals surface area (Å²) >= 11 is 0. The summed E-state index contributed by atoms with van der Waals surface area (Å²) < 4.78 is 0. The van der Waals surface area contributed by atoms with Crippen molar-refractivity contribution in [3.63, 3.8) is 0 Å². The average molecular weight is 187 g/mol. The molecule has 0 atom stereocenters. The maximum Gasteiger partial charge on any atom is 0.234 e. The summed E-state index contributed by atoms with van der Waals surface area (Å²) in [5.41, 5.74) is 0. The summed E-state index contributed by atoms with van der Waals surface area (Å²) in [7, 11) is 3.65. The minimum atomic E-state index is -0.0816. The van der Waals surface area contributed by atoms with Crippen LogP contribution in [0.1, 0.15) is 6.92 Å². The molecule has 0 aliphatic heterocycles. The normalized spacial score (nSPS) is 9.85. The van der Waals surface area contributed by atoms with Crippen LogP contribution < -0.4 is 10.6 Å². The summed E-state index contributed by atoms with van der Waals surface area (Å²) in [6, 6.07) is 0. The lowest BCUT2D eigenvalue weighted by Gasteiger charge is -2.09. The van der Waals surface area contributed by atoms with Crippen molar-refractivity contribution in [2.45, 2.75) is 6.92 Å². The Bertz CT molecular complexity index is 180. The third-order valence-electron chi connectivity index (χ3n) is 1.28. The molecule has 0 radical (unpaired) electrons. The second-order valence-electron chi connectivity index (χ2n) is 3.07. The van der Waals surface area contributed by atoms with E-state index in [0.717, 1.165) is 0 Å². The Kier molecular flexibility index (Phi) is 5.88. The van der Waals surface area contributed by atoms with Gasteiger partial charge in [-0.25, -0.2) is 0 Å². The quantitative estimate of drug-likeness (QED) is 0.531. The van der Waals surface area contributed by atoms with Crippen LogP contribution in [-0.2, 0) is 9.59 Å². The topological polar surface area (TPSA) is 61.4 Å². The van der Waals surface area contributed by atoms with E-state index in [4.69, 9.17) is 0 Å². The molecule has 2 N–H and O–H groups in total.